The molecule has 0 radical (unpaired) electrons. The van der Waals surface area contributed by atoms with Crippen LogP contribution in [-0.2, 0) is 9.53 Å². The van der Waals surface area contributed by atoms with Crippen molar-refractivity contribution in [1.82, 2.24) is 15.1 Å². The summed E-state index contributed by atoms with van der Waals surface area (Å²) in [4.78, 5) is 26.3. The number of benzene rings is 1. The number of rotatable bonds is 4. The van der Waals surface area contributed by atoms with E-state index in [1.807, 2.05) is 24.3 Å². The normalized spacial score (nSPS) is 15.2. The summed E-state index contributed by atoms with van der Waals surface area (Å²) in [6.07, 6.45) is 5.55. The molecule has 0 aliphatic carbocycles. The van der Waals surface area contributed by atoms with Crippen molar-refractivity contribution in [2.24, 2.45) is 0 Å². The lowest BCUT2D eigenvalue weighted by Gasteiger charge is -2.24. The van der Waals surface area contributed by atoms with Gasteiger partial charge < -0.3 is 9.64 Å². The molecule has 0 unspecified atom stereocenters. The van der Waals surface area contributed by atoms with Gasteiger partial charge in [-0.1, -0.05) is 47.3 Å². The van der Waals surface area contributed by atoms with Crippen molar-refractivity contribution in [3.8, 4) is 11.3 Å². The van der Waals surface area contributed by atoms with Crippen molar-refractivity contribution in [3.63, 3.8) is 0 Å². The second-order valence-corrected chi connectivity index (χ2v) is 7.31. The van der Waals surface area contributed by atoms with Crippen LogP contribution in [0.5, 0.6) is 0 Å². The molecule has 0 spiro atoms. The van der Waals surface area contributed by atoms with Crippen molar-refractivity contribution in [2.45, 2.75) is 32.1 Å². The van der Waals surface area contributed by atoms with Crippen LogP contribution in [0.4, 0.5) is 0 Å². The lowest BCUT2D eigenvalue weighted by atomic mass is 10.1. The van der Waals surface area contributed by atoms with Gasteiger partial charge in [0.05, 0.1) is 5.69 Å². The Bertz CT molecular complexity index is 750. The van der Waals surface area contributed by atoms with E-state index in [-0.39, 0.29) is 18.2 Å². The number of nitrogens with one attached hydrogen (secondary N) is 1. The Labute approximate surface area is 161 Å². The average Bonchev–Trinajstić information content (AvgIpc) is 3.10. The van der Waals surface area contributed by atoms with E-state index in [1.54, 1.807) is 11.0 Å². The van der Waals surface area contributed by atoms with Gasteiger partial charge in [-0.25, -0.2) is 4.79 Å². The van der Waals surface area contributed by atoms with Crippen LogP contribution in [-0.4, -0.2) is 46.7 Å². The van der Waals surface area contributed by atoms with Gasteiger partial charge in [0.15, 0.2) is 6.61 Å². The monoisotopic (exact) mass is 419 g/mol. The Morgan fingerprint density at radius 2 is 1.73 bits per heavy atom. The van der Waals surface area contributed by atoms with Gasteiger partial charge in [0, 0.05) is 23.1 Å². The van der Waals surface area contributed by atoms with E-state index in [0.29, 0.717) is 5.69 Å². The van der Waals surface area contributed by atoms with Gasteiger partial charge in [0.1, 0.15) is 5.69 Å². The quantitative estimate of drug-likeness (QED) is 0.764. The first-order chi connectivity index (χ1) is 12.6. The summed E-state index contributed by atoms with van der Waals surface area (Å²) in [5.74, 6) is -0.700. The van der Waals surface area contributed by atoms with Crippen molar-refractivity contribution in [1.29, 1.82) is 0 Å². The van der Waals surface area contributed by atoms with Gasteiger partial charge in [0.25, 0.3) is 5.91 Å². The number of likely N-dealkylation sites (tertiary alicyclic amines) is 1. The van der Waals surface area contributed by atoms with Crippen LogP contribution >= 0.6 is 15.9 Å². The molecule has 1 fully saturated rings. The lowest BCUT2D eigenvalue weighted by Crippen LogP contribution is -2.37. The Kier molecular flexibility index (Phi) is 6.44. The number of carbonyl (C=O) groups is 2. The van der Waals surface area contributed by atoms with Crippen molar-refractivity contribution in [3.05, 3.63) is 40.5 Å². The van der Waals surface area contributed by atoms with Gasteiger partial charge in [-0.3, -0.25) is 9.89 Å². The summed E-state index contributed by atoms with van der Waals surface area (Å²) in [6, 6.07) is 9.25. The second kappa shape index (κ2) is 8.98. The third-order valence-corrected chi connectivity index (χ3v) is 5.00. The molecule has 26 heavy (non-hydrogen) atoms. The van der Waals surface area contributed by atoms with E-state index in [4.69, 9.17) is 4.74 Å². The molecule has 1 aliphatic rings. The SMILES string of the molecule is O=C(OCC(=O)N1CCCCCCC1)c1cc(-c2ccc(Br)cc2)n[nH]1. The summed E-state index contributed by atoms with van der Waals surface area (Å²) in [5, 5.41) is 6.82. The van der Waals surface area contributed by atoms with E-state index < -0.39 is 5.97 Å². The summed E-state index contributed by atoms with van der Waals surface area (Å²) in [5.41, 5.74) is 1.78. The van der Waals surface area contributed by atoms with E-state index in [2.05, 4.69) is 26.1 Å². The first kappa shape index (κ1) is 18.6. The summed E-state index contributed by atoms with van der Waals surface area (Å²) < 4.78 is 6.15. The smallest absolute Gasteiger partial charge is 0.356 e. The van der Waals surface area contributed by atoms with Gasteiger partial charge >= 0.3 is 5.97 Å². The zero-order valence-corrected chi connectivity index (χ0v) is 16.1. The molecule has 0 bridgehead atoms. The highest BCUT2D eigenvalue weighted by Gasteiger charge is 2.18. The number of halogens is 1. The number of nitrogens with zero attached hydrogens (tertiary/aromatic N) is 2. The number of amides is 1. The van der Waals surface area contributed by atoms with Crippen molar-refractivity contribution >= 4 is 27.8 Å². The molecule has 1 saturated heterocycles. The molecular weight excluding hydrogens is 398 g/mol. The topological polar surface area (TPSA) is 75.3 Å². The van der Waals surface area contributed by atoms with Gasteiger partial charge in [-0.05, 0) is 31.0 Å². The standard InChI is InChI=1S/C19H22BrN3O3/c20-15-8-6-14(7-9-15)16-12-17(22-21-16)19(25)26-13-18(24)23-10-4-2-1-3-5-11-23/h6-9,12H,1-5,10-11,13H2,(H,21,22). The number of esters is 1. The first-order valence-corrected chi connectivity index (χ1v) is 9.69. The maximum atomic E-state index is 12.3. The minimum absolute atomic E-state index is 0.132. The van der Waals surface area contributed by atoms with Gasteiger partial charge in [0.2, 0.25) is 0 Å². The third kappa shape index (κ3) is 4.94. The molecule has 3 rings (SSSR count). The number of aromatic nitrogens is 2. The minimum atomic E-state index is -0.568. The van der Waals surface area contributed by atoms with E-state index in [0.717, 1.165) is 48.8 Å². The fourth-order valence-corrected chi connectivity index (χ4v) is 3.25. The van der Waals surface area contributed by atoms with Crippen LogP contribution in [0.3, 0.4) is 0 Å². The maximum absolute atomic E-state index is 12.3. The molecule has 1 amide bonds. The Balaban J connectivity index is 1.54. The molecule has 0 atom stereocenters. The highest BCUT2D eigenvalue weighted by Crippen LogP contribution is 2.20. The fraction of sp³-hybridized carbons (Fsp3) is 0.421. The molecule has 7 heteroatoms. The van der Waals surface area contributed by atoms with E-state index >= 15 is 0 Å². The average molecular weight is 420 g/mol. The third-order valence-electron chi connectivity index (χ3n) is 4.47. The molecule has 1 aromatic carbocycles. The molecule has 2 heterocycles. The van der Waals surface area contributed by atoms with Crippen LogP contribution in [0.2, 0.25) is 0 Å². The number of hydrogen-bond donors (Lipinski definition) is 1. The van der Waals surface area contributed by atoms with Crippen LogP contribution in [0.15, 0.2) is 34.8 Å². The Morgan fingerprint density at radius 3 is 2.42 bits per heavy atom. The van der Waals surface area contributed by atoms with Crippen LogP contribution < -0.4 is 0 Å². The maximum Gasteiger partial charge on any atom is 0.356 e. The zero-order chi connectivity index (χ0) is 18.4. The van der Waals surface area contributed by atoms with Crippen molar-refractivity contribution in [2.75, 3.05) is 19.7 Å². The second-order valence-electron chi connectivity index (χ2n) is 6.40. The molecule has 0 saturated carbocycles. The number of ether oxygens (including phenoxy) is 1. The predicted molar refractivity (Wildman–Crippen MR) is 102 cm³/mol. The van der Waals surface area contributed by atoms with Gasteiger partial charge in [-0.15, -0.1) is 0 Å². The van der Waals surface area contributed by atoms with Gasteiger partial charge in [-0.2, -0.15) is 5.10 Å². The number of aromatic amines is 1. The summed E-state index contributed by atoms with van der Waals surface area (Å²) in [6.45, 7) is 1.26. The number of carbonyl (C=O) groups excluding carboxylic acids is 2. The fourth-order valence-electron chi connectivity index (χ4n) is 2.99. The predicted octanol–water partition coefficient (Wildman–Crippen LogP) is 3.79. The molecule has 1 N–H and O–H groups in total. The zero-order valence-electron chi connectivity index (χ0n) is 14.5. The Morgan fingerprint density at radius 1 is 1.08 bits per heavy atom. The highest BCUT2D eigenvalue weighted by atomic mass is 79.9. The van der Waals surface area contributed by atoms with Crippen LogP contribution in [0.25, 0.3) is 11.3 Å². The molecule has 1 aromatic heterocycles. The van der Waals surface area contributed by atoms with Crippen LogP contribution in [0, 0.1) is 0 Å². The van der Waals surface area contributed by atoms with Crippen molar-refractivity contribution < 1.29 is 14.3 Å². The Hall–Kier alpha value is -2.15. The number of H-pyrrole nitrogens is 1. The molecular formula is C19H22BrN3O3. The van der Waals surface area contributed by atoms with Crippen LogP contribution in [0.1, 0.15) is 42.6 Å². The first-order valence-electron chi connectivity index (χ1n) is 8.90. The molecule has 138 valence electrons. The minimum Gasteiger partial charge on any atom is -0.451 e. The highest BCUT2D eigenvalue weighted by molar-refractivity contribution is 9.10. The molecule has 2 aromatic rings. The molecule has 6 nitrogen and oxygen atoms in total. The lowest BCUT2D eigenvalue weighted by molar-refractivity contribution is -0.134. The van der Waals surface area contributed by atoms with E-state index in [1.165, 1.54) is 6.42 Å². The summed E-state index contributed by atoms with van der Waals surface area (Å²) >= 11 is 3.38. The summed E-state index contributed by atoms with van der Waals surface area (Å²) in [7, 11) is 0. The largest absolute Gasteiger partial charge is 0.451 e. The van der Waals surface area contributed by atoms with E-state index in [9.17, 15) is 9.59 Å². The molecule has 1 aliphatic heterocycles. The number of hydrogen-bond acceptors (Lipinski definition) is 4.